The maximum atomic E-state index is 13.6. The second-order valence-electron chi connectivity index (χ2n) is 4.68. The van der Waals surface area contributed by atoms with Gasteiger partial charge in [-0.1, -0.05) is 15.9 Å². The van der Waals surface area contributed by atoms with Crippen LogP contribution in [0, 0.1) is 5.82 Å². The number of ether oxygens (including phenoxy) is 1. The second-order valence-corrected chi connectivity index (χ2v) is 5.59. The average Bonchev–Trinajstić information content (AvgIpc) is 2.96. The van der Waals surface area contributed by atoms with Crippen LogP contribution in [0.3, 0.4) is 0 Å². The molecule has 1 unspecified atom stereocenters. The van der Waals surface area contributed by atoms with E-state index in [0.717, 1.165) is 30.5 Å². The lowest BCUT2D eigenvalue weighted by Crippen LogP contribution is -2.40. The molecular formula is C14H20BrFIN3O. The SMILES string of the molecule is CN=C(NCc1cc(Br)ccc1F)NCC1CCCO1.I. The van der Waals surface area contributed by atoms with E-state index in [1.165, 1.54) is 6.07 Å². The molecule has 4 nitrogen and oxygen atoms in total. The number of rotatable bonds is 4. The van der Waals surface area contributed by atoms with Gasteiger partial charge < -0.3 is 15.4 Å². The molecule has 1 aromatic carbocycles. The molecule has 1 atom stereocenters. The molecule has 0 aliphatic carbocycles. The maximum Gasteiger partial charge on any atom is 0.191 e. The third-order valence-electron chi connectivity index (χ3n) is 3.20. The number of hydrogen-bond acceptors (Lipinski definition) is 2. The number of guanidine groups is 1. The van der Waals surface area contributed by atoms with Gasteiger partial charge in [0.15, 0.2) is 5.96 Å². The molecule has 0 bridgehead atoms. The van der Waals surface area contributed by atoms with Crippen LogP contribution >= 0.6 is 39.9 Å². The fourth-order valence-electron chi connectivity index (χ4n) is 2.09. The van der Waals surface area contributed by atoms with Crippen molar-refractivity contribution in [2.45, 2.75) is 25.5 Å². The summed E-state index contributed by atoms with van der Waals surface area (Å²) < 4.78 is 20.0. The lowest BCUT2D eigenvalue weighted by atomic mass is 10.2. The van der Waals surface area contributed by atoms with Crippen molar-refractivity contribution in [3.63, 3.8) is 0 Å². The number of aliphatic imine (C=N–C) groups is 1. The summed E-state index contributed by atoms with van der Waals surface area (Å²) in [6, 6.07) is 4.89. The Bertz CT molecular complexity index is 481. The molecule has 2 N–H and O–H groups in total. The van der Waals surface area contributed by atoms with E-state index < -0.39 is 0 Å². The van der Waals surface area contributed by atoms with Crippen molar-refractivity contribution in [2.75, 3.05) is 20.2 Å². The van der Waals surface area contributed by atoms with Gasteiger partial charge in [-0.25, -0.2) is 4.39 Å². The van der Waals surface area contributed by atoms with Gasteiger partial charge in [0.1, 0.15) is 5.82 Å². The molecule has 1 aliphatic heterocycles. The molecule has 1 aliphatic rings. The summed E-state index contributed by atoms with van der Waals surface area (Å²) in [5, 5.41) is 6.30. The van der Waals surface area contributed by atoms with Crippen molar-refractivity contribution in [1.29, 1.82) is 0 Å². The number of benzene rings is 1. The van der Waals surface area contributed by atoms with Crippen molar-refractivity contribution in [2.24, 2.45) is 4.99 Å². The Hall–Kier alpha value is -0.410. The molecule has 0 radical (unpaired) electrons. The van der Waals surface area contributed by atoms with Crippen LogP contribution in [0.2, 0.25) is 0 Å². The van der Waals surface area contributed by atoms with Gasteiger partial charge in [0.05, 0.1) is 6.10 Å². The van der Waals surface area contributed by atoms with E-state index in [1.807, 2.05) is 0 Å². The summed E-state index contributed by atoms with van der Waals surface area (Å²) in [6.07, 6.45) is 2.43. The second kappa shape index (κ2) is 9.58. The van der Waals surface area contributed by atoms with E-state index in [1.54, 1.807) is 19.2 Å². The molecule has 1 fully saturated rings. The highest BCUT2D eigenvalue weighted by Gasteiger charge is 2.15. The zero-order valence-electron chi connectivity index (χ0n) is 11.9. The molecule has 21 heavy (non-hydrogen) atoms. The van der Waals surface area contributed by atoms with Crippen LogP contribution in [0.25, 0.3) is 0 Å². The van der Waals surface area contributed by atoms with E-state index in [2.05, 4.69) is 31.6 Å². The van der Waals surface area contributed by atoms with E-state index in [0.29, 0.717) is 18.1 Å². The van der Waals surface area contributed by atoms with Crippen LogP contribution in [0.5, 0.6) is 0 Å². The van der Waals surface area contributed by atoms with Gasteiger partial charge >= 0.3 is 0 Å². The first-order valence-electron chi connectivity index (χ1n) is 6.69. The maximum absolute atomic E-state index is 13.6. The van der Waals surface area contributed by atoms with Gasteiger partial charge in [0.25, 0.3) is 0 Å². The highest BCUT2D eigenvalue weighted by atomic mass is 127. The molecular weight excluding hydrogens is 452 g/mol. The Morgan fingerprint density at radius 2 is 2.29 bits per heavy atom. The Kier molecular flexibility index (Phi) is 8.50. The molecule has 7 heteroatoms. The summed E-state index contributed by atoms with van der Waals surface area (Å²) in [5.74, 6) is 0.426. The zero-order chi connectivity index (χ0) is 14.4. The lowest BCUT2D eigenvalue weighted by Gasteiger charge is -2.15. The van der Waals surface area contributed by atoms with Gasteiger partial charge in [0.2, 0.25) is 0 Å². The van der Waals surface area contributed by atoms with Crippen molar-refractivity contribution in [1.82, 2.24) is 10.6 Å². The first-order chi connectivity index (χ1) is 9.69. The molecule has 2 rings (SSSR count). The van der Waals surface area contributed by atoms with Crippen LogP contribution in [0.1, 0.15) is 18.4 Å². The Morgan fingerprint density at radius 1 is 1.48 bits per heavy atom. The molecule has 0 aromatic heterocycles. The van der Waals surface area contributed by atoms with Crippen LogP contribution in [0.15, 0.2) is 27.7 Å². The van der Waals surface area contributed by atoms with Crippen LogP contribution < -0.4 is 10.6 Å². The fourth-order valence-corrected chi connectivity index (χ4v) is 2.50. The molecule has 0 saturated carbocycles. The highest BCUT2D eigenvalue weighted by molar-refractivity contribution is 14.0. The topological polar surface area (TPSA) is 45.7 Å². The van der Waals surface area contributed by atoms with Gasteiger partial charge in [-0.3, -0.25) is 4.99 Å². The number of hydrogen-bond donors (Lipinski definition) is 2. The van der Waals surface area contributed by atoms with Crippen LogP contribution in [-0.4, -0.2) is 32.3 Å². The van der Waals surface area contributed by atoms with Crippen molar-refractivity contribution >= 4 is 45.9 Å². The minimum absolute atomic E-state index is 0. The van der Waals surface area contributed by atoms with Crippen molar-refractivity contribution < 1.29 is 9.13 Å². The summed E-state index contributed by atoms with van der Waals surface area (Å²) in [5.41, 5.74) is 0.597. The van der Waals surface area contributed by atoms with Crippen molar-refractivity contribution in [3.05, 3.63) is 34.1 Å². The van der Waals surface area contributed by atoms with Gasteiger partial charge in [0, 0.05) is 36.8 Å². The summed E-state index contributed by atoms with van der Waals surface area (Å²) in [4.78, 5) is 4.12. The number of halogens is 3. The fraction of sp³-hybridized carbons (Fsp3) is 0.500. The predicted molar refractivity (Wildman–Crippen MR) is 96.7 cm³/mol. The first kappa shape index (κ1) is 18.6. The van der Waals surface area contributed by atoms with Gasteiger partial charge in [-0.2, -0.15) is 0 Å². The normalized spacial score (nSPS) is 18.2. The predicted octanol–water partition coefficient (Wildman–Crippen LogP) is 3.05. The highest BCUT2D eigenvalue weighted by Crippen LogP contribution is 2.15. The Balaban J connectivity index is 0.00000220. The van der Waals surface area contributed by atoms with E-state index in [9.17, 15) is 4.39 Å². The van der Waals surface area contributed by atoms with E-state index >= 15 is 0 Å². The third-order valence-corrected chi connectivity index (χ3v) is 3.69. The molecule has 1 saturated heterocycles. The Morgan fingerprint density at radius 3 is 2.95 bits per heavy atom. The minimum atomic E-state index is -0.227. The van der Waals surface area contributed by atoms with Crippen LogP contribution in [0.4, 0.5) is 4.39 Å². The molecule has 1 heterocycles. The van der Waals surface area contributed by atoms with Crippen molar-refractivity contribution in [3.8, 4) is 0 Å². The average molecular weight is 472 g/mol. The molecule has 1 aromatic rings. The van der Waals surface area contributed by atoms with Gasteiger partial charge in [-0.15, -0.1) is 24.0 Å². The molecule has 118 valence electrons. The largest absolute Gasteiger partial charge is 0.376 e. The molecule has 0 amide bonds. The van der Waals surface area contributed by atoms with Gasteiger partial charge in [-0.05, 0) is 31.0 Å². The van der Waals surface area contributed by atoms with E-state index in [-0.39, 0.29) is 35.9 Å². The quantitative estimate of drug-likeness (QED) is 0.403. The van der Waals surface area contributed by atoms with E-state index in [4.69, 9.17) is 4.74 Å². The summed E-state index contributed by atoms with van der Waals surface area (Å²) in [7, 11) is 1.70. The minimum Gasteiger partial charge on any atom is -0.376 e. The summed E-state index contributed by atoms with van der Waals surface area (Å²) >= 11 is 3.34. The number of nitrogens with zero attached hydrogens (tertiary/aromatic N) is 1. The first-order valence-corrected chi connectivity index (χ1v) is 7.48. The molecule has 0 spiro atoms. The monoisotopic (exact) mass is 471 g/mol. The standard InChI is InChI=1S/C14H19BrFN3O.HI/c1-17-14(19-9-12-3-2-6-20-12)18-8-10-7-11(15)4-5-13(10)16;/h4-5,7,12H,2-3,6,8-9H2,1H3,(H2,17,18,19);1H. The Labute approximate surface area is 150 Å². The zero-order valence-corrected chi connectivity index (χ0v) is 15.8. The smallest absolute Gasteiger partial charge is 0.191 e. The summed E-state index contributed by atoms with van der Waals surface area (Å²) in [6.45, 7) is 1.94. The van der Waals surface area contributed by atoms with Crippen LogP contribution in [-0.2, 0) is 11.3 Å². The lowest BCUT2D eigenvalue weighted by molar-refractivity contribution is 0.114. The number of nitrogens with one attached hydrogen (secondary N) is 2. The third kappa shape index (κ3) is 6.07.